The van der Waals surface area contributed by atoms with Crippen LogP contribution >= 0.6 is 11.8 Å². The third-order valence-corrected chi connectivity index (χ3v) is 3.09. The minimum absolute atomic E-state index is 0.0679. The van der Waals surface area contributed by atoms with E-state index in [1.54, 1.807) is 11.8 Å². The minimum Gasteiger partial charge on any atom is -0.390 e. The van der Waals surface area contributed by atoms with Crippen LogP contribution in [-0.4, -0.2) is 34.8 Å². The third-order valence-electron chi connectivity index (χ3n) is 2.01. The number of nitrogens with zero attached hydrogens (tertiary/aromatic N) is 1. The van der Waals surface area contributed by atoms with E-state index in [1.165, 1.54) is 6.21 Å². The van der Waals surface area contributed by atoms with Crippen LogP contribution in [0.3, 0.4) is 0 Å². The lowest BCUT2D eigenvalue weighted by Crippen LogP contribution is -2.15. The average Bonchev–Trinajstić information content (AvgIpc) is 2.52. The molecule has 0 saturated heterocycles. The first-order valence-electron chi connectivity index (χ1n) is 4.07. The molecule has 3 nitrogen and oxygen atoms in total. The Bertz CT molecular complexity index is 193. The summed E-state index contributed by atoms with van der Waals surface area (Å²) in [6, 6.07) is 0.304. The Hall–Kier alpha value is -0.350. The molecule has 0 aromatic heterocycles. The smallest absolute Gasteiger partial charge is 0.0935 e. The first-order valence-corrected chi connectivity index (χ1v) is 5.05. The lowest BCUT2D eigenvalue weighted by atomic mass is 10.0. The Morgan fingerprint density at radius 3 is 3.17 bits per heavy atom. The fourth-order valence-electron chi connectivity index (χ4n) is 1.16. The van der Waals surface area contributed by atoms with Crippen LogP contribution in [0.5, 0.6) is 0 Å². The number of rotatable bonds is 4. The number of aliphatic hydroxyl groups excluding tert-OH is 1. The summed E-state index contributed by atoms with van der Waals surface area (Å²) < 4.78 is 0. The van der Waals surface area contributed by atoms with Gasteiger partial charge < -0.3 is 10.5 Å². The standard InChI is InChI=1S/C8H14N2OS/c1-6(2-3-9)7-5-12-8(4-11)10-7/h3,6-7,9,11H,2,4-5H2,1H3/t6-,7?/m0/s1. The van der Waals surface area contributed by atoms with E-state index < -0.39 is 0 Å². The second kappa shape index (κ2) is 4.62. The number of aliphatic imine (C=N–C) groups is 1. The molecule has 1 aliphatic heterocycles. The van der Waals surface area contributed by atoms with Crippen molar-refractivity contribution in [3.63, 3.8) is 0 Å². The van der Waals surface area contributed by atoms with Crippen LogP contribution in [0.4, 0.5) is 0 Å². The topological polar surface area (TPSA) is 56.4 Å². The van der Waals surface area contributed by atoms with Gasteiger partial charge in [0, 0.05) is 5.75 Å². The predicted molar refractivity (Wildman–Crippen MR) is 53.3 cm³/mol. The molecule has 1 heterocycles. The van der Waals surface area contributed by atoms with Gasteiger partial charge in [-0.25, -0.2) is 0 Å². The molecule has 1 unspecified atom stereocenters. The van der Waals surface area contributed by atoms with Gasteiger partial charge in [-0.15, -0.1) is 11.8 Å². The fourth-order valence-corrected chi connectivity index (χ4v) is 2.23. The number of aliphatic hydroxyl groups is 1. The molecular formula is C8H14N2OS. The molecule has 0 aromatic rings. The Kier molecular flexibility index (Phi) is 3.75. The summed E-state index contributed by atoms with van der Waals surface area (Å²) in [5.41, 5.74) is 0. The zero-order chi connectivity index (χ0) is 8.97. The molecule has 2 N–H and O–H groups in total. The van der Waals surface area contributed by atoms with Gasteiger partial charge in [-0.1, -0.05) is 6.92 Å². The molecule has 0 spiro atoms. The fraction of sp³-hybridized carbons (Fsp3) is 0.750. The molecule has 0 aliphatic carbocycles. The van der Waals surface area contributed by atoms with Gasteiger partial charge in [0.25, 0.3) is 0 Å². The van der Waals surface area contributed by atoms with Crippen molar-refractivity contribution >= 4 is 23.0 Å². The van der Waals surface area contributed by atoms with Crippen LogP contribution in [0.25, 0.3) is 0 Å². The van der Waals surface area contributed by atoms with Crippen molar-refractivity contribution in [2.45, 2.75) is 19.4 Å². The molecular weight excluding hydrogens is 172 g/mol. The summed E-state index contributed by atoms with van der Waals surface area (Å²) in [6.07, 6.45) is 2.22. The van der Waals surface area contributed by atoms with Crippen LogP contribution in [-0.2, 0) is 0 Å². The summed E-state index contributed by atoms with van der Waals surface area (Å²) in [7, 11) is 0. The molecule has 68 valence electrons. The minimum atomic E-state index is 0.0679. The van der Waals surface area contributed by atoms with E-state index in [-0.39, 0.29) is 6.61 Å². The lowest BCUT2D eigenvalue weighted by molar-refractivity contribution is 0.359. The van der Waals surface area contributed by atoms with Crippen molar-refractivity contribution in [2.75, 3.05) is 12.4 Å². The number of nitrogens with one attached hydrogen (secondary N) is 1. The Balaban J connectivity index is 2.44. The molecule has 4 heteroatoms. The van der Waals surface area contributed by atoms with Gasteiger partial charge in [0.15, 0.2) is 0 Å². The zero-order valence-electron chi connectivity index (χ0n) is 7.16. The van der Waals surface area contributed by atoms with Crippen LogP contribution in [0, 0.1) is 11.3 Å². The molecule has 12 heavy (non-hydrogen) atoms. The third kappa shape index (κ3) is 2.32. The van der Waals surface area contributed by atoms with E-state index in [2.05, 4.69) is 11.9 Å². The zero-order valence-corrected chi connectivity index (χ0v) is 7.97. The van der Waals surface area contributed by atoms with Gasteiger partial charge in [0.2, 0.25) is 0 Å². The normalized spacial score (nSPS) is 25.2. The number of hydrogen-bond donors (Lipinski definition) is 2. The average molecular weight is 186 g/mol. The van der Waals surface area contributed by atoms with E-state index in [9.17, 15) is 0 Å². The van der Waals surface area contributed by atoms with Crippen molar-refractivity contribution in [3.8, 4) is 0 Å². The highest BCUT2D eigenvalue weighted by Crippen LogP contribution is 2.24. The van der Waals surface area contributed by atoms with Crippen molar-refractivity contribution in [1.82, 2.24) is 0 Å². The second-order valence-electron chi connectivity index (χ2n) is 2.98. The van der Waals surface area contributed by atoms with Crippen LogP contribution in [0.1, 0.15) is 13.3 Å². The Morgan fingerprint density at radius 1 is 1.92 bits per heavy atom. The Labute approximate surface area is 76.8 Å². The van der Waals surface area contributed by atoms with E-state index in [0.29, 0.717) is 12.0 Å². The Morgan fingerprint density at radius 2 is 2.67 bits per heavy atom. The van der Waals surface area contributed by atoms with Crippen molar-refractivity contribution in [3.05, 3.63) is 0 Å². The second-order valence-corrected chi connectivity index (χ2v) is 4.07. The largest absolute Gasteiger partial charge is 0.390 e. The predicted octanol–water partition coefficient (Wildman–Crippen LogP) is 1.17. The highest BCUT2D eigenvalue weighted by atomic mass is 32.2. The molecule has 0 amide bonds. The van der Waals surface area contributed by atoms with E-state index in [4.69, 9.17) is 10.5 Å². The van der Waals surface area contributed by atoms with Crippen molar-refractivity contribution in [2.24, 2.45) is 10.9 Å². The molecule has 1 rings (SSSR count). The molecule has 0 radical (unpaired) electrons. The summed E-state index contributed by atoms with van der Waals surface area (Å²) in [4.78, 5) is 4.35. The van der Waals surface area contributed by atoms with Gasteiger partial charge in [0.05, 0.1) is 17.7 Å². The maximum Gasteiger partial charge on any atom is 0.0935 e. The summed E-state index contributed by atoms with van der Waals surface area (Å²) in [5, 5.41) is 16.6. The highest BCUT2D eigenvalue weighted by molar-refractivity contribution is 8.14. The molecule has 0 bridgehead atoms. The summed E-state index contributed by atoms with van der Waals surface area (Å²) in [6.45, 7) is 2.17. The molecule has 0 fully saturated rings. The SMILES string of the molecule is C[C@@H](CC=N)C1CSC(CO)=N1. The highest BCUT2D eigenvalue weighted by Gasteiger charge is 2.22. The van der Waals surface area contributed by atoms with E-state index >= 15 is 0 Å². The summed E-state index contributed by atoms with van der Waals surface area (Å²) >= 11 is 1.63. The first kappa shape index (κ1) is 9.74. The van der Waals surface area contributed by atoms with Gasteiger partial charge in [-0.05, 0) is 18.6 Å². The number of thioether (sulfide) groups is 1. The first-order chi connectivity index (χ1) is 5.77. The molecule has 0 saturated carbocycles. The van der Waals surface area contributed by atoms with Gasteiger partial charge in [-0.3, -0.25) is 4.99 Å². The molecule has 2 atom stereocenters. The van der Waals surface area contributed by atoms with Gasteiger partial charge >= 0.3 is 0 Å². The van der Waals surface area contributed by atoms with E-state index in [1.807, 2.05) is 0 Å². The van der Waals surface area contributed by atoms with Crippen molar-refractivity contribution < 1.29 is 5.11 Å². The summed E-state index contributed by atoms with van der Waals surface area (Å²) in [5.74, 6) is 1.39. The maximum absolute atomic E-state index is 8.80. The van der Waals surface area contributed by atoms with Crippen LogP contribution in [0.2, 0.25) is 0 Å². The van der Waals surface area contributed by atoms with Gasteiger partial charge in [0.1, 0.15) is 0 Å². The molecule has 1 aliphatic rings. The number of hydrogen-bond acceptors (Lipinski definition) is 4. The quantitative estimate of drug-likeness (QED) is 0.647. The maximum atomic E-state index is 8.80. The van der Waals surface area contributed by atoms with Crippen LogP contribution in [0.15, 0.2) is 4.99 Å². The van der Waals surface area contributed by atoms with Crippen molar-refractivity contribution in [1.29, 1.82) is 5.41 Å². The molecule has 0 aromatic carbocycles. The monoisotopic (exact) mass is 186 g/mol. The van der Waals surface area contributed by atoms with Gasteiger partial charge in [-0.2, -0.15) is 0 Å². The van der Waals surface area contributed by atoms with E-state index in [0.717, 1.165) is 17.2 Å². The lowest BCUT2D eigenvalue weighted by Gasteiger charge is -2.12. The van der Waals surface area contributed by atoms with Crippen LogP contribution < -0.4 is 0 Å².